The van der Waals surface area contributed by atoms with Gasteiger partial charge in [-0.3, -0.25) is 0 Å². The molecule has 1 heterocycles. The molecule has 0 spiro atoms. The Bertz CT molecular complexity index is 1650. The number of azide groups is 4. The summed E-state index contributed by atoms with van der Waals surface area (Å²) < 4.78 is 23.8. The van der Waals surface area contributed by atoms with Gasteiger partial charge < -0.3 is 18.9 Å². The van der Waals surface area contributed by atoms with Crippen molar-refractivity contribution in [2.45, 2.75) is 55.3 Å². The summed E-state index contributed by atoms with van der Waals surface area (Å²) in [7, 11) is 0. The zero-order valence-corrected chi connectivity index (χ0v) is 24.9. The molecule has 0 bridgehead atoms. The van der Waals surface area contributed by atoms with Crippen LogP contribution in [0.2, 0.25) is 10.0 Å². The average molecular weight is 669 g/mol. The molecule has 2 aromatic rings. The Labute approximate surface area is 269 Å². The Hall–Kier alpha value is -5.14. The molecule has 1 aliphatic carbocycles. The maximum absolute atomic E-state index is 13.4. The molecule has 18 nitrogen and oxygen atoms in total. The Morgan fingerprint density at radius 1 is 0.739 bits per heavy atom. The number of carbonyl (C=O) groups excluding carboxylic acids is 2. The third kappa shape index (κ3) is 8.52. The topological polar surface area (TPSA) is 266 Å². The van der Waals surface area contributed by atoms with Crippen LogP contribution in [0.4, 0.5) is 0 Å². The van der Waals surface area contributed by atoms with E-state index in [1.54, 1.807) is 0 Å². The van der Waals surface area contributed by atoms with Gasteiger partial charge in [-0.1, -0.05) is 55.8 Å². The van der Waals surface area contributed by atoms with Crippen LogP contribution in [0.25, 0.3) is 41.8 Å². The second-order valence-corrected chi connectivity index (χ2v) is 10.5. The second kappa shape index (κ2) is 16.3. The summed E-state index contributed by atoms with van der Waals surface area (Å²) >= 11 is 11.9. The second-order valence-electron chi connectivity index (χ2n) is 9.67. The normalized spacial score (nSPS) is 26.6. The lowest BCUT2D eigenvalue weighted by Gasteiger charge is -2.44. The lowest BCUT2D eigenvalue weighted by molar-refractivity contribution is -0.232. The van der Waals surface area contributed by atoms with Crippen molar-refractivity contribution in [3.05, 3.63) is 124 Å². The smallest absolute Gasteiger partial charge is 0.338 e. The number of benzene rings is 2. The molecule has 2 aromatic carbocycles. The zero-order valence-electron chi connectivity index (χ0n) is 23.4. The number of ether oxygens (including phenoxy) is 4. The van der Waals surface area contributed by atoms with Crippen molar-refractivity contribution in [1.82, 2.24) is 0 Å². The molecule has 4 rings (SSSR count). The first-order valence-electron chi connectivity index (χ1n) is 13.3. The van der Waals surface area contributed by atoms with Crippen LogP contribution in [0.1, 0.15) is 27.1 Å². The van der Waals surface area contributed by atoms with E-state index >= 15 is 0 Å². The van der Waals surface area contributed by atoms with Gasteiger partial charge in [0.15, 0.2) is 18.5 Å². The van der Waals surface area contributed by atoms with E-state index in [2.05, 4.69) is 40.1 Å². The minimum atomic E-state index is -1.59. The third-order valence-corrected chi connectivity index (χ3v) is 7.35. The van der Waals surface area contributed by atoms with E-state index in [-0.39, 0.29) is 24.1 Å². The van der Waals surface area contributed by atoms with E-state index in [1.807, 2.05) is 0 Å². The van der Waals surface area contributed by atoms with Crippen molar-refractivity contribution >= 4 is 35.1 Å². The number of nitrogens with zero attached hydrogens (tertiary/aromatic N) is 12. The number of rotatable bonds is 11. The minimum absolute atomic E-state index is 0.0513. The van der Waals surface area contributed by atoms with E-state index in [1.165, 1.54) is 60.7 Å². The summed E-state index contributed by atoms with van der Waals surface area (Å²) in [5.41, 5.74) is 36.8. The fourth-order valence-electron chi connectivity index (χ4n) is 4.77. The first-order chi connectivity index (χ1) is 22.3. The number of hydrogen-bond acceptors (Lipinski definition) is 10. The van der Waals surface area contributed by atoms with Crippen molar-refractivity contribution in [2.24, 2.45) is 20.5 Å². The van der Waals surface area contributed by atoms with Gasteiger partial charge in [0.05, 0.1) is 35.9 Å². The van der Waals surface area contributed by atoms with Crippen molar-refractivity contribution in [1.29, 1.82) is 0 Å². The predicted molar refractivity (Wildman–Crippen MR) is 161 cm³/mol. The third-order valence-electron chi connectivity index (χ3n) is 6.85. The van der Waals surface area contributed by atoms with Gasteiger partial charge >= 0.3 is 11.9 Å². The van der Waals surface area contributed by atoms with Crippen LogP contribution in [0.3, 0.4) is 0 Å². The monoisotopic (exact) mass is 668 g/mol. The van der Waals surface area contributed by atoms with E-state index in [0.29, 0.717) is 10.0 Å². The molecule has 236 valence electrons. The molecule has 46 heavy (non-hydrogen) atoms. The fourth-order valence-corrected chi connectivity index (χ4v) is 5.02. The summed E-state index contributed by atoms with van der Waals surface area (Å²) in [5.74, 6) is -1.80. The Morgan fingerprint density at radius 2 is 1.26 bits per heavy atom. The van der Waals surface area contributed by atoms with Gasteiger partial charge in [0, 0.05) is 29.7 Å². The maximum atomic E-state index is 13.4. The fraction of sp³-hybridized carbons (Fsp3) is 0.385. The highest BCUT2D eigenvalue weighted by Crippen LogP contribution is 2.35. The van der Waals surface area contributed by atoms with Crippen LogP contribution in [-0.4, -0.2) is 67.3 Å². The molecule has 0 aromatic heterocycles. The molecule has 0 saturated heterocycles. The molecule has 1 fully saturated rings. The average Bonchev–Trinajstić information content (AvgIpc) is 3.05. The highest BCUT2D eigenvalue weighted by molar-refractivity contribution is 6.31. The SMILES string of the molecule is [N-]=[N+]=NCC1C=CC(N=[N+]=[N-])[C@@H](OC2C(N=[N+]=[N-])CC(N=[N+]=[N-])C(OC(=O)c3ccc(Cl)cc3)[C@H]2OC(=O)c2ccc(Cl)cc2)O1. The molecule has 8 atom stereocenters. The van der Waals surface area contributed by atoms with Crippen LogP contribution in [0.5, 0.6) is 0 Å². The molecular formula is C26H22Cl2N12O6. The molecule has 0 N–H and O–H groups in total. The molecule has 6 unspecified atom stereocenters. The summed E-state index contributed by atoms with van der Waals surface area (Å²) in [5, 5.41) is 15.4. The van der Waals surface area contributed by atoms with Crippen LogP contribution in [0, 0.1) is 0 Å². The van der Waals surface area contributed by atoms with Crippen LogP contribution >= 0.6 is 23.2 Å². The van der Waals surface area contributed by atoms with Crippen LogP contribution in [-0.2, 0) is 18.9 Å². The van der Waals surface area contributed by atoms with Crippen molar-refractivity contribution in [3.8, 4) is 0 Å². The van der Waals surface area contributed by atoms with Crippen LogP contribution in [0.15, 0.2) is 81.1 Å². The van der Waals surface area contributed by atoms with Gasteiger partial charge in [-0.05, 0) is 77.1 Å². The molecule has 0 amide bonds. The number of carbonyl (C=O) groups is 2. The molecule has 0 radical (unpaired) electrons. The Balaban J connectivity index is 1.78. The van der Waals surface area contributed by atoms with Gasteiger partial charge in [-0.2, -0.15) is 0 Å². The standard InChI is InChI=1S/C26H22Cl2N12O6/c27-15-5-1-13(2-6-15)24(41)44-21-19(35-39-31)11-20(36-40-32)22(23(21)45-25(42)14-3-7-16(28)8-4-14)46-26-18(34-38-30)10-9-17(43-26)12-33-37-29/h1-10,17-23,26H,11-12H2/t17?,18?,19?,20?,21?,22?,23-,26-/m1/s1. The van der Waals surface area contributed by atoms with E-state index in [4.69, 9.17) is 53.2 Å². The molecule has 1 saturated carbocycles. The van der Waals surface area contributed by atoms with Crippen LogP contribution < -0.4 is 0 Å². The number of esters is 2. The summed E-state index contributed by atoms with van der Waals surface area (Å²) in [6, 6.07) is 7.93. The Kier molecular flexibility index (Phi) is 11.9. The number of hydrogen-bond donors (Lipinski definition) is 0. The van der Waals surface area contributed by atoms with E-state index in [9.17, 15) is 20.7 Å². The summed E-state index contributed by atoms with van der Waals surface area (Å²) in [6.45, 7) is -0.143. The zero-order chi connectivity index (χ0) is 33.1. The quantitative estimate of drug-likeness (QED) is 0.0786. The van der Waals surface area contributed by atoms with Crippen molar-refractivity contribution < 1.29 is 28.5 Å². The summed E-state index contributed by atoms with van der Waals surface area (Å²) in [6.07, 6.45) is -3.94. The van der Waals surface area contributed by atoms with Gasteiger partial charge in [-0.15, -0.1) is 0 Å². The lowest BCUT2D eigenvalue weighted by Crippen LogP contribution is -2.60. The molecular weight excluding hydrogens is 647 g/mol. The first kappa shape index (κ1) is 33.7. The lowest BCUT2D eigenvalue weighted by atomic mass is 9.84. The molecule has 2 aliphatic rings. The highest BCUT2D eigenvalue weighted by atomic mass is 35.5. The van der Waals surface area contributed by atoms with E-state index in [0.717, 1.165) is 0 Å². The molecule has 20 heteroatoms. The predicted octanol–water partition coefficient (Wildman–Crippen LogP) is 7.16. The highest BCUT2D eigenvalue weighted by Gasteiger charge is 2.51. The largest absolute Gasteiger partial charge is 0.454 e. The first-order valence-corrected chi connectivity index (χ1v) is 14.1. The van der Waals surface area contributed by atoms with Gasteiger partial charge in [0.2, 0.25) is 0 Å². The maximum Gasteiger partial charge on any atom is 0.338 e. The van der Waals surface area contributed by atoms with Gasteiger partial charge in [0.25, 0.3) is 0 Å². The van der Waals surface area contributed by atoms with Crippen molar-refractivity contribution in [3.63, 3.8) is 0 Å². The summed E-state index contributed by atoms with van der Waals surface area (Å²) in [4.78, 5) is 38.0. The van der Waals surface area contributed by atoms with Crippen molar-refractivity contribution in [2.75, 3.05) is 6.54 Å². The Morgan fingerprint density at radius 3 is 1.78 bits per heavy atom. The minimum Gasteiger partial charge on any atom is -0.454 e. The van der Waals surface area contributed by atoms with Gasteiger partial charge in [0.1, 0.15) is 12.1 Å². The van der Waals surface area contributed by atoms with E-state index < -0.39 is 60.8 Å². The van der Waals surface area contributed by atoms with Gasteiger partial charge in [-0.25, -0.2) is 9.59 Å². The molecule has 1 aliphatic heterocycles. The number of halogens is 2.